The molecule has 0 aliphatic rings. The van der Waals surface area contributed by atoms with Crippen LogP contribution in [0.1, 0.15) is 24.3 Å². The zero-order valence-electron chi connectivity index (χ0n) is 9.93. The molecule has 0 bridgehead atoms. The van der Waals surface area contributed by atoms with Gasteiger partial charge in [-0.1, -0.05) is 13.8 Å². The summed E-state index contributed by atoms with van der Waals surface area (Å²) in [5.74, 6) is -1.69. The highest BCUT2D eigenvalue weighted by atomic mass is 16.5. The molecule has 5 heteroatoms. The lowest BCUT2D eigenvalue weighted by molar-refractivity contribution is -0.144. The lowest BCUT2D eigenvalue weighted by Crippen LogP contribution is -2.30. The third-order valence-corrected chi connectivity index (χ3v) is 2.37. The third kappa shape index (κ3) is 2.48. The molecule has 1 atom stereocenters. The Balaban J connectivity index is 2.96. The van der Waals surface area contributed by atoms with E-state index in [1.807, 2.05) is 13.8 Å². The zero-order valence-corrected chi connectivity index (χ0v) is 9.93. The smallest absolute Gasteiger partial charge is 0.316 e. The summed E-state index contributed by atoms with van der Waals surface area (Å²) >= 11 is 0. The van der Waals surface area contributed by atoms with Crippen LogP contribution in [0.5, 0.6) is 0 Å². The van der Waals surface area contributed by atoms with Crippen LogP contribution in [-0.2, 0) is 16.6 Å². The standard InChI is InChI=1S/C11H16N2O3/c1-7(2)9(11(15)16-4)10(14)8-5-6-13(3)12-8/h5-7,9H,1-4H3. The van der Waals surface area contributed by atoms with Gasteiger partial charge < -0.3 is 4.74 Å². The van der Waals surface area contributed by atoms with Gasteiger partial charge in [0.15, 0.2) is 5.78 Å². The molecule has 0 amide bonds. The number of Topliss-reactive ketones (excluding diaryl/α,β-unsaturated/α-hetero) is 1. The quantitative estimate of drug-likeness (QED) is 0.435. The normalized spacial score (nSPS) is 12.6. The minimum Gasteiger partial charge on any atom is -0.468 e. The molecule has 16 heavy (non-hydrogen) atoms. The Bertz CT molecular complexity index is 396. The summed E-state index contributed by atoms with van der Waals surface area (Å²) < 4.78 is 6.16. The first kappa shape index (κ1) is 12.4. The second-order valence-corrected chi connectivity index (χ2v) is 3.98. The van der Waals surface area contributed by atoms with Crippen molar-refractivity contribution in [2.75, 3.05) is 7.11 Å². The summed E-state index contributed by atoms with van der Waals surface area (Å²) in [5, 5.41) is 3.99. The number of ketones is 1. The summed E-state index contributed by atoms with van der Waals surface area (Å²) in [4.78, 5) is 23.5. The van der Waals surface area contributed by atoms with Crippen LogP contribution in [0.2, 0.25) is 0 Å². The summed E-state index contributed by atoms with van der Waals surface area (Å²) in [5.41, 5.74) is 0.298. The number of aromatic nitrogens is 2. The number of carbonyl (C=O) groups excluding carboxylic acids is 2. The molecule has 88 valence electrons. The number of ether oxygens (including phenoxy) is 1. The predicted octanol–water partition coefficient (Wildman–Crippen LogP) is 1.05. The Morgan fingerprint density at radius 1 is 1.44 bits per heavy atom. The van der Waals surface area contributed by atoms with Crippen molar-refractivity contribution in [1.29, 1.82) is 0 Å². The van der Waals surface area contributed by atoms with Crippen LogP contribution in [0.4, 0.5) is 0 Å². The van der Waals surface area contributed by atoms with Crippen molar-refractivity contribution < 1.29 is 14.3 Å². The average molecular weight is 224 g/mol. The second-order valence-electron chi connectivity index (χ2n) is 3.98. The zero-order chi connectivity index (χ0) is 12.3. The number of nitrogens with zero attached hydrogens (tertiary/aromatic N) is 2. The number of aryl methyl sites for hydroxylation is 1. The largest absolute Gasteiger partial charge is 0.468 e. The molecule has 5 nitrogen and oxygen atoms in total. The van der Waals surface area contributed by atoms with E-state index < -0.39 is 11.9 Å². The highest BCUT2D eigenvalue weighted by molar-refractivity contribution is 6.07. The molecular weight excluding hydrogens is 208 g/mol. The SMILES string of the molecule is COC(=O)C(C(=O)c1ccn(C)n1)C(C)C. The van der Waals surface area contributed by atoms with E-state index in [0.717, 1.165) is 0 Å². The molecule has 0 N–H and O–H groups in total. The van der Waals surface area contributed by atoms with Gasteiger partial charge in [0.25, 0.3) is 0 Å². The number of methoxy groups -OCH3 is 1. The maximum atomic E-state index is 12.0. The highest BCUT2D eigenvalue weighted by Crippen LogP contribution is 2.17. The van der Waals surface area contributed by atoms with E-state index in [1.54, 1.807) is 19.3 Å². The molecule has 0 aliphatic carbocycles. The fourth-order valence-electron chi connectivity index (χ4n) is 1.51. The van der Waals surface area contributed by atoms with Crippen LogP contribution in [0.25, 0.3) is 0 Å². The van der Waals surface area contributed by atoms with E-state index in [-0.39, 0.29) is 11.7 Å². The Labute approximate surface area is 94.4 Å². The molecule has 0 spiro atoms. The van der Waals surface area contributed by atoms with Crippen LogP contribution >= 0.6 is 0 Å². The first-order valence-electron chi connectivity index (χ1n) is 5.09. The third-order valence-electron chi connectivity index (χ3n) is 2.37. The maximum Gasteiger partial charge on any atom is 0.316 e. The van der Waals surface area contributed by atoms with Crippen molar-refractivity contribution in [2.24, 2.45) is 18.9 Å². The van der Waals surface area contributed by atoms with Gasteiger partial charge in [-0.3, -0.25) is 14.3 Å². The van der Waals surface area contributed by atoms with Crippen LogP contribution in [0.15, 0.2) is 12.3 Å². The first-order valence-corrected chi connectivity index (χ1v) is 5.09. The number of hydrogen-bond acceptors (Lipinski definition) is 4. The topological polar surface area (TPSA) is 61.2 Å². The lowest BCUT2D eigenvalue weighted by Gasteiger charge is -2.15. The molecular formula is C11H16N2O3. The molecule has 0 aliphatic heterocycles. The molecule has 1 heterocycles. The van der Waals surface area contributed by atoms with Crippen molar-refractivity contribution in [1.82, 2.24) is 9.78 Å². The lowest BCUT2D eigenvalue weighted by atomic mass is 9.90. The highest BCUT2D eigenvalue weighted by Gasteiger charge is 2.32. The Hall–Kier alpha value is -1.65. The second kappa shape index (κ2) is 4.92. The summed E-state index contributed by atoms with van der Waals surface area (Å²) in [6.45, 7) is 3.62. The van der Waals surface area contributed by atoms with Crippen LogP contribution < -0.4 is 0 Å². The molecule has 1 unspecified atom stereocenters. The van der Waals surface area contributed by atoms with Crippen LogP contribution in [0, 0.1) is 11.8 Å². The van der Waals surface area contributed by atoms with E-state index in [4.69, 9.17) is 0 Å². The van der Waals surface area contributed by atoms with E-state index in [2.05, 4.69) is 9.84 Å². The van der Waals surface area contributed by atoms with E-state index >= 15 is 0 Å². The van der Waals surface area contributed by atoms with Gasteiger partial charge in [-0.2, -0.15) is 5.10 Å². The van der Waals surface area contributed by atoms with Crippen molar-refractivity contribution in [3.8, 4) is 0 Å². The van der Waals surface area contributed by atoms with Crippen molar-refractivity contribution in [3.05, 3.63) is 18.0 Å². The molecule has 1 rings (SSSR count). The Morgan fingerprint density at radius 2 is 2.06 bits per heavy atom. The molecule has 0 saturated heterocycles. The number of esters is 1. The minimum atomic E-state index is -0.778. The predicted molar refractivity (Wildman–Crippen MR) is 57.9 cm³/mol. The summed E-state index contributed by atoms with van der Waals surface area (Å²) in [6, 6.07) is 1.60. The summed E-state index contributed by atoms with van der Waals surface area (Å²) in [6.07, 6.45) is 1.67. The maximum absolute atomic E-state index is 12.0. The van der Waals surface area contributed by atoms with Gasteiger partial charge in [-0.25, -0.2) is 0 Å². The van der Waals surface area contributed by atoms with Gasteiger partial charge in [0.1, 0.15) is 11.6 Å². The fourth-order valence-corrected chi connectivity index (χ4v) is 1.51. The van der Waals surface area contributed by atoms with E-state index in [9.17, 15) is 9.59 Å². The molecule has 0 aromatic carbocycles. The van der Waals surface area contributed by atoms with Crippen molar-refractivity contribution in [3.63, 3.8) is 0 Å². The van der Waals surface area contributed by atoms with Gasteiger partial charge in [0.05, 0.1) is 7.11 Å². The molecule has 1 aromatic heterocycles. The van der Waals surface area contributed by atoms with E-state index in [0.29, 0.717) is 5.69 Å². The first-order chi connectivity index (χ1) is 7.47. The summed E-state index contributed by atoms with van der Waals surface area (Å²) in [7, 11) is 3.00. The number of rotatable bonds is 4. The number of carbonyl (C=O) groups is 2. The fraction of sp³-hybridized carbons (Fsp3) is 0.545. The molecule has 0 fully saturated rings. The number of hydrogen-bond donors (Lipinski definition) is 0. The van der Waals surface area contributed by atoms with Gasteiger partial charge in [0.2, 0.25) is 0 Å². The van der Waals surface area contributed by atoms with Crippen molar-refractivity contribution >= 4 is 11.8 Å². The molecule has 0 radical (unpaired) electrons. The van der Waals surface area contributed by atoms with Gasteiger partial charge in [0, 0.05) is 13.2 Å². The van der Waals surface area contributed by atoms with Gasteiger partial charge in [-0.05, 0) is 12.0 Å². The van der Waals surface area contributed by atoms with Crippen molar-refractivity contribution in [2.45, 2.75) is 13.8 Å². The molecule has 1 aromatic rings. The van der Waals surface area contributed by atoms with Gasteiger partial charge in [-0.15, -0.1) is 0 Å². The van der Waals surface area contributed by atoms with Crippen LogP contribution in [0.3, 0.4) is 0 Å². The van der Waals surface area contributed by atoms with E-state index in [1.165, 1.54) is 11.8 Å². The Kier molecular flexibility index (Phi) is 3.82. The monoisotopic (exact) mass is 224 g/mol. The Morgan fingerprint density at radius 3 is 2.44 bits per heavy atom. The van der Waals surface area contributed by atoms with Crippen LogP contribution in [-0.4, -0.2) is 28.6 Å². The molecule has 0 saturated carbocycles. The average Bonchev–Trinajstić information content (AvgIpc) is 2.64. The minimum absolute atomic E-state index is 0.109. The van der Waals surface area contributed by atoms with Gasteiger partial charge >= 0.3 is 5.97 Å².